The molecule has 1 aliphatic rings. The molecule has 0 unspecified atom stereocenters. The van der Waals surface area contributed by atoms with Gasteiger partial charge in [0.15, 0.2) is 0 Å². The molecule has 1 fully saturated rings. The second kappa shape index (κ2) is 11.3. The van der Waals surface area contributed by atoms with E-state index in [2.05, 4.69) is 20.2 Å². The maximum Gasteiger partial charge on any atom is 0.237 e. The number of hydrogen-bond acceptors (Lipinski definition) is 6. The van der Waals surface area contributed by atoms with Crippen LogP contribution in [0.4, 0.5) is 5.95 Å². The largest absolute Gasteiger partial charge is 0.354 e. The Morgan fingerprint density at radius 2 is 1.70 bits per heavy atom. The molecule has 154 valence electrons. The first kappa shape index (κ1) is 25.4. The van der Waals surface area contributed by atoms with E-state index in [0.29, 0.717) is 38.7 Å². The summed E-state index contributed by atoms with van der Waals surface area (Å²) in [4.78, 5) is 36.6. The molecule has 3 N–H and O–H groups in total. The molecule has 2 heterocycles. The standard InChI is InChI=1S/C17H28N6O2.2ClH/c1-17(2,3)14(18)15(25)19-8-5-13(24)22-9-11-23(12-10-22)16-20-6-4-7-21-16;;/h4,6-7,14H,5,8-12,18H2,1-3H3,(H,19,25);2*1H/t14-;;/m1../s1. The zero-order valence-corrected chi connectivity index (χ0v) is 17.7. The van der Waals surface area contributed by atoms with Crippen LogP contribution in [0.15, 0.2) is 18.5 Å². The number of anilines is 1. The average Bonchev–Trinajstić information content (AvgIpc) is 2.61. The highest BCUT2D eigenvalue weighted by atomic mass is 35.5. The molecular weight excluding hydrogens is 391 g/mol. The molecule has 0 saturated carbocycles. The number of aromatic nitrogens is 2. The van der Waals surface area contributed by atoms with Crippen molar-refractivity contribution in [2.45, 2.75) is 33.2 Å². The van der Waals surface area contributed by atoms with E-state index in [0.717, 1.165) is 0 Å². The zero-order valence-electron chi connectivity index (χ0n) is 16.1. The Morgan fingerprint density at radius 1 is 1.15 bits per heavy atom. The Labute approximate surface area is 173 Å². The van der Waals surface area contributed by atoms with Gasteiger partial charge in [0, 0.05) is 51.5 Å². The summed E-state index contributed by atoms with van der Waals surface area (Å²) in [5.41, 5.74) is 5.60. The lowest BCUT2D eigenvalue weighted by Crippen LogP contribution is -2.51. The van der Waals surface area contributed by atoms with Crippen molar-refractivity contribution in [1.82, 2.24) is 20.2 Å². The third-order valence-corrected chi connectivity index (χ3v) is 4.32. The number of piperazine rings is 1. The van der Waals surface area contributed by atoms with Gasteiger partial charge in [0.25, 0.3) is 0 Å². The van der Waals surface area contributed by atoms with Crippen molar-refractivity contribution in [2.75, 3.05) is 37.6 Å². The van der Waals surface area contributed by atoms with Crippen molar-refractivity contribution in [3.05, 3.63) is 18.5 Å². The zero-order chi connectivity index (χ0) is 18.4. The molecular formula is C17H30Cl2N6O2. The van der Waals surface area contributed by atoms with E-state index in [1.165, 1.54) is 0 Å². The Bertz CT molecular complexity index is 589. The lowest BCUT2D eigenvalue weighted by Gasteiger charge is -2.34. The normalized spacial score (nSPS) is 15.3. The molecule has 1 atom stereocenters. The van der Waals surface area contributed by atoms with Crippen LogP contribution in [0.2, 0.25) is 0 Å². The van der Waals surface area contributed by atoms with E-state index in [-0.39, 0.29) is 48.5 Å². The van der Waals surface area contributed by atoms with Gasteiger partial charge >= 0.3 is 0 Å². The van der Waals surface area contributed by atoms with Crippen molar-refractivity contribution in [3.8, 4) is 0 Å². The number of hydrogen-bond donors (Lipinski definition) is 2. The molecule has 1 aromatic rings. The van der Waals surface area contributed by atoms with Crippen molar-refractivity contribution >= 4 is 42.6 Å². The van der Waals surface area contributed by atoms with Gasteiger partial charge in [-0.1, -0.05) is 20.8 Å². The molecule has 27 heavy (non-hydrogen) atoms. The molecule has 1 aromatic heterocycles. The minimum atomic E-state index is -0.586. The number of carbonyl (C=O) groups excluding carboxylic acids is 2. The minimum absolute atomic E-state index is 0. The minimum Gasteiger partial charge on any atom is -0.354 e. The highest BCUT2D eigenvalue weighted by molar-refractivity contribution is 5.85. The molecule has 0 aromatic carbocycles. The molecule has 0 spiro atoms. The van der Waals surface area contributed by atoms with Crippen LogP contribution in [0, 0.1) is 5.41 Å². The van der Waals surface area contributed by atoms with Crippen LogP contribution >= 0.6 is 24.8 Å². The molecule has 0 radical (unpaired) electrons. The number of carbonyl (C=O) groups is 2. The second-order valence-electron chi connectivity index (χ2n) is 7.30. The van der Waals surface area contributed by atoms with Crippen molar-refractivity contribution in [3.63, 3.8) is 0 Å². The highest BCUT2D eigenvalue weighted by Gasteiger charge is 2.27. The molecule has 2 amide bonds. The highest BCUT2D eigenvalue weighted by Crippen LogP contribution is 2.17. The molecule has 0 aliphatic carbocycles. The summed E-state index contributed by atoms with van der Waals surface area (Å²) in [6.45, 7) is 8.73. The van der Waals surface area contributed by atoms with Crippen molar-refractivity contribution < 1.29 is 9.59 Å². The third-order valence-electron chi connectivity index (χ3n) is 4.32. The summed E-state index contributed by atoms with van der Waals surface area (Å²) in [6.07, 6.45) is 3.71. The fourth-order valence-electron chi connectivity index (χ4n) is 2.56. The van der Waals surface area contributed by atoms with Gasteiger partial charge in [0.1, 0.15) is 0 Å². The van der Waals surface area contributed by atoms with Crippen molar-refractivity contribution in [2.24, 2.45) is 11.1 Å². The maximum atomic E-state index is 12.3. The number of nitrogens with zero attached hydrogens (tertiary/aromatic N) is 4. The monoisotopic (exact) mass is 420 g/mol. The predicted molar refractivity (Wildman–Crippen MR) is 110 cm³/mol. The average molecular weight is 421 g/mol. The SMILES string of the molecule is CC(C)(C)[C@H](N)C(=O)NCCC(=O)N1CCN(c2ncccn2)CC1.Cl.Cl. The molecule has 2 rings (SSSR count). The van der Waals surface area contributed by atoms with E-state index in [4.69, 9.17) is 5.73 Å². The van der Waals surface area contributed by atoms with Crippen molar-refractivity contribution in [1.29, 1.82) is 0 Å². The number of amides is 2. The Kier molecular flexibility index (Phi) is 10.6. The quantitative estimate of drug-likeness (QED) is 0.731. The summed E-state index contributed by atoms with van der Waals surface area (Å²) >= 11 is 0. The van der Waals surface area contributed by atoms with Crippen LogP contribution in [0.3, 0.4) is 0 Å². The topological polar surface area (TPSA) is 104 Å². The van der Waals surface area contributed by atoms with Gasteiger partial charge in [0.2, 0.25) is 17.8 Å². The first-order valence-electron chi connectivity index (χ1n) is 8.62. The van der Waals surface area contributed by atoms with Crippen LogP contribution in [0.1, 0.15) is 27.2 Å². The summed E-state index contributed by atoms with van der Waals surface area (Å²) in [6, 6.07) is 1.19. The lowest BCUT2D eigenvalue weighted by molar-refractivity contribution is -0.131. The van der Waals surface area contributed by atoms with Crippen LogP contribution in [-0.2, 0) is 9.59 Å². The van der Waals surface area contributed by atoms with Gasteiger partial charge in [-0.3, -0.25) is 9.59 Å². The Hall–Kier alpha value is -1.64. The fraction of sp³-hybridized carbons (Fsp3) is 0.647. The predicted octanol–water partition coefficient (Wildman–Crippen LogP) is 0.848. The number of nitrogens with two attached hydrogens (primary N) is 1. The summed E-state index contributed by atoms with van der Waals surface area (Å²) < 4.78 is 0. The first-order valence-corrected chi connectivity index (χ1v) is 8.62. The molecule has 1 saturated heterocycles. The van der Waals surface area contributed by atoms with E-state index >= 15 is 0 Å². The van der Waals surface area contributed by atoms with E-state index in [1.807, 2.05) is 25.7 Å². The van der Waals surface area contributed by atoms with Gasteiger partial charge in [-0.2, -0.15) is 0 Å². The number of nitrogens with one attached hydrogen (secondary N) is 1. The van der Waals surface area contributed by atoms with Crippen LogP contribution in [-0.4, -0.2) is 65.4 Å². The van der Waals surface area contributed by atoms with Gasteiger partial charge < -0.3 is 20.9 Å². The summed E-state index contributed by atoms with van der Waals surface area (Å²) in [5, 5.41) is 2.75. The van der Waals surface area contributed by atoms with Gasteiger partial charge in [-0.05, 0) is 11.5 Å². The van der Waals surface area contributed by atoms with Crippen LogP contribution < -0.4 is 16.0 Å². The van der Waals surface area contributed by atoms with Gasteiger partial charge in [-0.15, -0.1) is 24.8 Å². The maximum absolute atomic E-state index is 12.3. The number of halogens is 2. The lowest BCUT2D eigenvalue weighted by atomic mass is 9.87. The Morgan fingerprint density at radius 3 is 2.22 bits per heavy atom. The van der Waals surface area contributed by atoms with Crippen LogP contribution in [0.5, 0.6) is 0 Å². The summed E-state index contributed by atoms with van der Waals surface area (Å²) in [7, 11) is 0. The third kappa shape index (κ3) is 7.48. The molecule has 0 bridgehead atoms. The van der Waals surface area contributed by atoms with Crippen LogP contribution in [0.25, 0.3) is 0 Å². The first-order chi connectivity index (χ1) is 11.8. The molecule has 8 nitrogen and oxygen atoms in total. The molecule has 1 aliphatic heterocycles. The van der Waals surface area contributed by atoms with Gasteiger partial charge in [0.05, 0.1) is 6.04 Å². The van der Waals surface area contributed by atoms with E-state index in [9.17, 15) is 9.59 Å². The number of rotatable bonds is 5. The second-order valence-corrected chi connectivity index (χ2v) is 7.30. The van der Waals surface area contributed by atoms with E-state index in [1.54, 1.807) is 18.5 Å². The molecule has 10 heteroatoms. The fourth-order valence-corrected chi connectivity index (χ4v) is 2.56. The van der Waals surface area contributed by atoms with Gasteiger partial charge in [-0.25, -0.2) is 9.97 Å². The Balaban J connectivity index is 0.00000338. The smallest absolute Gasteiger partial charge is 0.237 e. The summed E-state index contributed by atoms with van der Waals surface area (Å²) in [5.74, 6) is 0.516. The van der Waals surface area contributed by atoms with E-state index < -0.39 is 6.04 Å².